The van der Waals surface area contributed by atoms with E-state index in [1.807, 2.05) is 5.32 Å². The summed E-state index contributed by atoms with van der Waals surface area (Å²) in [6.07, 6.45) is 0.623. The summed E-state index contributed by atoms with van der Waals surface area (Å²) in [4.78, 5) is 10.5. The van der Waals surface area contributed by atoms with Crippen LogP contribution in [0.15, 0.2) is 17.0 Å². The number of benzene rings is 1. The Morgan fingerprint density at radius 2 is 1.83 bits per heavy atom. The van der Waals surface area contributed by atoms with E-state index in [9.17, 15) is 22.0 Å². The normalized spacial score (nSPS) is 11.3. The second-order valence-corrected chi connectivity index (χ2v) is 6.06. The molecule has 0 saturated heterocycles. The van der Waals surface area contributed by atoms with Gasteiger partial charge in [-0.15, -0.1) is 0 Å². The number of rotatable bonds is 4. The third-order valence-electron chi connectivity index (χ3n) is 2.04. The van der Waals surface area contributed by atoms with Crippen LogP contribution in [0.3, 0.4) is 0 Å². The molecule has 4 nitrogen and oxygen atoms in total. The van der Waals surface area contributed by atoms with Crippen molar-refractivity contribution in [2.45, 2.75) is 24.7 Å². The maximum Gasteiger partial charge on any atom is 0.261 e. The van der Waals surface area contributed by atoms with Crippen LogP contribution in [0.25, 0.3) is 0 Å². The van der Waals surface area contributed by atoms with E-state index in [0.29, 0.717) is 18.6 Å². The fourth-order valence-corrected chi connectivity index (χ4v) is 1.99. The SMILES string of the molecule is CCCC(=O)Nc1c(F)cc(S(=O)(=O)Cl)cc1F. The van der Waals surface area contributed by atoms with Crippen molar-refractivity contribution in [2.75, 3.05) is 5.32 Å². The molecule has 1 aromatic carbocycles. The molecule has 0 atom stereocenters. The highest BCUT2D eigenvalue weighted by atomic mass is 35.7. The summed E-state index contributed by atoms with van der Waals surface area (Å²) in [6, 6.07) is 1.10. The van der Waals surface area contributed by atoms with Crippen molar-refractivity contribution in [3.05, 3.63) is 23.8 Å². The lowest BCUT2D eigenvalue weighted by Gasteiger charge is -2.08. The van der Waals surface area contributed by atoms with Gasteiger partial charge in [-0.2, -0.15) is 0 Å². The maximum atomic E-state index is 13.5. The van der Waals surface area contributed by atoms with Crippen LogP contribution < -0.4 is 5.32 Å². The lowest BCUT2D eigenvalue weighted by Crippen LogP contribution is -2.13. The fraction of sp³-hybridized carbons (Fsp3) is 0.300. The van der Waals surface area contributed by atoms with E-state index >= 15 is 0 Å². The Morgan fingerprint density at radius 1 is 1.33 bits per heavy atom. The van der Waals surface area contributed by atoms with Gasteiger partial charge in [-0.25, -0.2) is 17.2 Å². The Labute approximate surface area is 107 Å². The Balaban J connectivity index is 3.13. The quantitative estimate of drug-likeness (QED) is 0.869. The molecule has 1 rings (SSSR count). The molecule has 8 heteroatoms. The van der Waals surface area contributed by atoms with Crippen LogP contribution in [0.4, 0.5) is 14.5 Å². The van der Waals surface area contributed by atoms with Gasteiger partial charge in [0.05, 0.1) is 4.90 Å². The predicted octanol–water partition coefficient (Wildman–Crippen LogP) is 2.63. The molecule has 0 fully saturated rings. The average molecular weight is 298 g/mol. The fourth-order valence-electron chi connectivity index (χ4n) is 1.24. The number of anilines is 1. The summed E-state index contributed by atoms with van der Waals surface area (Å²) >= 11 is 0. The van der Waals surface area contributed by atoms with Gasteiger partial charge in [-0.3, -0.25) is 4.79 Å². The minimum Gasteiger partial charge on any atom is -0.321 e. The molecule has 0 aliphatic heterocycles. The molecule has 0 bridgehead atoms. The molecular weight excluding hydrogens is 288 g/mol. The Hall–Kier alpha value is -1.21. The van der Waals surface area contributed by atoms with Crippen LogP contribution in [0.5, 0.6) is 0 Å². The van der Waals surface area contributed by atoms with E-state index in [0.717, 1.165) is 0 Å². The number of carbonyl (C=O) groups excluding carboxylic acids is 1. The highest BCUT2D eigenvalue weighted by molar-refractivity contribution is 8.13. The van der Waals surface area contributed by atoms with Crippen LogP contribution in [0.1, 0.15) is 19.8 Å². The van der Waals surface area contributed by atoms with Gasteiger partial charge < -0.3 is 5.32 Å². The molecule has 0 unspecified atom stereocenters. The van der Waals surface area contributed by atoms with Crippen molar-refractivity contribution in [2.24, 2.45) is 0 Å². The number of nitrogens with one attached hydrogen (secondary N) is 1. The Bertz CT molecular complexity index is 551. The first-order valence-electron chi connectivity index (χ1n) is 4.99. The van der Waals surface area contributed by atoms with Crippen molar-refractivity contribution in [3.63, 3.8) is 0 Å². The number of carbonyl (C=O) groups is 1. The number of hydrogen-bond acceptors (Lipinski definition) is 3. The zero-order valence-electron chi connectivity index (χ0n) is 9.34. The zero-order valence-corrected chi connectivity index (χ0v) is 10.9. The monoisotopic (exact) mass is 297 g/mol. The van der Waals surface area contributed by atoms with E-state index < -0.39 is 37.2 Å². The third-order valence-corrected chi connectivity index (χ3v) is 3.37. The van der Waals surface area contributed by atoms with Crippen molar-refractivity contribution in [3.8, 4) is 0 Å². The van der Waals surface area contributed by atoms with Crippen molar-refractivity contribution < 1.29 is 22.0 Å². The zero-order chi connectivity index (χ0) is 13.9. The lowest BCUT2D eigenvalue weighted by molar-refractivity contribution is -0.116. The lowest BCUT2D eigenvalue weighted by atomic mass is 10.2. The van der Waals surface area contributed by atoms with E-state index in [-0.39, 0.29) is 6.42 Å². The average Bonchev–Trinajstić information content (AvgIpc) is 2.22. The Morgan fingerprint density at radius 3 is 2.22 bits per heavy atom. The highest BCUT2D eigenvalue weighted by Crippen LogP contribution is 2.25. The molecule has 1 amide bonds. The maximum absolute atomic E-state index is 13.5. The van der Waals surface area contributed by atoms with E-state index in [2.05, 4.69) is 0 Å². The predicted molar refractivity (Wildman–Crippen MR) is 62.9 cm³/mol. The van der Waals surface area contributed by atoms with Gasteiger partial charge in [0.1, 0.15) is 5.69 Å². The molecule has 0 radical (unpaired) electrons. The molecule has 0 spiro atoms. The third kappa shape index (κ3) is 3.64. The van der Waals surface area contributed by atoms with Crippen LogP contribution in [0.2, 0.25) is 0 Å². The molecule has 100 valence electrons. The van der Waals surface area contributed by atoms with Gasteiger partial charge in [0.2, 0.25) is 5.91 Å². The van der Waals surface area contributed by atoms with Gasteiger partial charge >= 0.3 is 0 Å². The van der Waals surface area contributed by atoms with Crippen molar-refractivity contribution in [1.82, 2.24) is 0 Å². The molecule has 0 aliphatic rings. The number of hydrogen-bond donors (Lipinski definition) is 1. The highest BCUT2D eigenvalue weighted by Gasteiger charge is 2.19. The first-order valence-corrected chi connectivity index (χ1v) is 7.30. The Kier molecular flexibility index (Phi) is 4.64. The topological polar surface area (TPSA) is 63.2 Å². The molecule has 0 aromatic heterocycles. The van der Waals surface area contributed by atoms with Crippen LogP contribution in [-0.4, -0.2) is 14.3 Å². The number of halogens is 3. The molecule has 1 aromatic rings. The summed E-state index contributed by atoms with van der Waals surface area (Å²) in [5.41, 5.74) is -0.683. The van der Waals surface area contributed by atoms with Crippen molar-refractivity contribution >= 4 is 31.3 Å². The smallest absolute Gasteiger partial charge is 0.261 e. The minimum absolute atomic E-state index is 0.106. The summed E-state index contributed by atoms with van der Waals surface area (Å²) in [5.74, 6) is -2.95. The van der Waals surface area contributed by atoms with Gasteiger partial charge in [-0.1, -0.05) is 6.92 Å². The summed E-state index contributed by atoms with van der Waals surface area (Å²) in [5, 5.41) is 2.03. The molecule has 18 heavy (non-hydrogen) atoms. The molecular formula is C10H10ClF2NO3S. The van der Waals surface area contributed by atoms with E-state index in [1.165, 1.54) is 0 Å². The van der Waals surface area contributed by atoms with Crippen LogP contribution in [0, 0.1) is 11.6 Å². The largest absolute Gasteiger partial charge is 0.321 e. The number of amides is 1. The van der Waals surface area contributed by atoms with Crippen LogP contribution >= 0.6 is 10.7 Å². The van der Waals surface area contributed by atoms with E-state index in [4.69, 9.17) is 10.7 Å². The summed E-state index contributed by atoms with van der Waals surface area (Å²) in [7, 11) is 0.738. The second-order valence-electron chi connectivity index (χ2n) is 3.50. The van der Waals surface area contributed by atoms with Crippen LogP contribution in [-0.2, 0) is 13.8 Å². The van der Waals surface area contributed by atoms with Gasteiger partial charge in [0.15, 0.2) is 11.6 Å². The van der Waals surface area contributed by atoms with Gasteiger partial charge in [0.25, 0.3) is 9.05 Å². The van der Waals surface area contributed by atoms with Crippen molar-refractivity contribution in [1.29, 1.82) is 0 Å². The first kappa shape index (κ1) is 14.8. The second kappa shape index (κ2) is 5.62. The van der Waals surface area contributed by atoms with Gasteiger partial charge in [0, 0.05) is 17.1 Å². The van der Waals surface area contributed by atoms with Gasteiger partial charge in [-0.05, 0) is 18.6 Å². The summed E-state index contributed by atoms with van der Waals surface area (Å²) in [6.45, 7) is 1.73. The molecule has 0 heterocycles. The standard InChI is InChI=1S/C10H10ClF2NO3S/c1-2-3-9(15)14-10-7(12)4-6(5-8(10)13)18(11,16)17/h4-5H,2-3H2,1H3,(H,14,15). The summed E-state index contributed by atoms with van der Waals surface area (Å²) < 4.78 is 48.8. The minimum atomic E-state index is -4.22. The first-order chi connectivity index (χ1) is 8.25. The molecule has 0 aliphatic carbocycles. The molecule has 1 N–H and O–H groups in total. The van der Waals surface area contributed by atoms with E-state index in [1.54, 1.807) is 6.92 Å². The molecule has 0 saturated carbocycles.